The summed E-state index contributed by atoms with van der Waals surface area (Å²) in [6.45, 7) is 5.55. The minimum Gasteiger partial charge on any atom is -0.492 e. The van der Waals surface area contributed by atoms with E-state index < -0.39 is 0 Å². The Bertz CT molecular complexity index is 450. The maximum absolute atomic E-state index is 11.0. The summed E-state index contributed by atoms with van der Waals surface area (Å²) in [7, 11) is 0. The number of nitrogens with zero attached hydrogens (tertiary/aromatic N) is 1. The molecule has 0 aliphatic carbocycles. The van der Waals surface area contributed by atoms with Crippen molar-refractivity contribution in [2.75, 3.05) is 26.2 Å². The van der Waals surface area contributed by atoms with Crippen molar-refractivity contribution in [3.8, 4) is 5.75 Å². The van der Waals surface area contributed by atoms with Gasteiger partial charge in [-0.2, -0.15) is 0 Å². The average molecular weight is 277 g/mol. The number of benzene rings is 1. The fourth-order valence-electron chi connectivity index (χ4n) is 2.50. The van der Waals surface area contributed by atoms with Crippen LogP contribution in [0.1, 0.15) is 18.9 Å². The smallest absolute Gasteiger partial charge is 0.217 e. The van der Waals surface area contributed by atoms with Crippen LogP contribution in [0, 0.1) is 0 Å². The van der Waals surface area contributed by atoms with Crippen molar-refractivity contribution >= 4 is 5.91 Å². The van der Waals surface area contributed by atoms with E-state index in [2.05, 4.69) is 10.2 Å². The molecule has 1 unspecified atom stereocenters. The number of carbonyl (C=O) groups excluding carboxylic acids is 1. The van der Waals surface area contributed by atoms with Gasteiger partial charge in [0.15, 0.2) is 0 Å². The largest absolute Gasteiger partial charge is 0.492 e. The topological polar surface area (TPSA) is 67.6 Å². The molecule has 0 radical (unpaired) electrons. The third-order valence-electron chi connectivity index (χ3n) is 3.49. The van der Waals surface area contributed by atoms with Crippen molar-refractivity contribution in [3.63, 3.8) is 0 Å². The molecule has 3 N–H and O–H groups in total. The molecule has 110 valence electrons. The van der Waals surface area contributed by atoms with Crippen molar-refractivity contribution in [3.05, 3.63) is 29.8 Å². The summed E-state index contributed by atoms with van der Waals surface area (Å²) in [5.74, 6) is 0.914. The summed E-state index contributed by atoms with van der Waals surface area (Å²) in [6, 6.07) is 8.16. The van der Waals surface area contributed by atoms with Gasteiger partial charge in [-0.25, -0.2) is 0 Å². The maximum Gasteiger partial charge on any atom is 0.217 e. The number of likely N-dealkylation sites (tertiary alicyclic amines) is 1. The normalized spacial score (nSPS) is 19.0. The van der Waals surface area contributed by atoms with Crippen molar-refractivity contribution in [1.29, 1.82) is 0 Å². The van der Waals surface area contributed by atoms with E-state index in [1.54, 1.807) is 6.92 Å². The van der Waals surface area contributed by atoms with Gasteiger partial charge in [-0.1, -0.05) is 12.1 Å². The lowest BCUT2D eigenvalue weighted by molar-refractivity contribution is -0.119. The van der Waals surface area contributed by atoms with Gasteiger partial charge in [0.05, 0.1) is 0 Å². The van der Waals surface area contributed by atoms with E-state index in [0.29, 0.717) is 13.2 Å². The summed E-state index contributed by atoms with van der Waals surface area (Å²) in [6.07, 6.45) is 1.02. The second-order valence-electron chi connectivity index (χ2n) is 5.19. The zero-order valence-electron chi connectivity index (χ0n) is 12.0. The standard InChI is InChI=1S/C15H23N3O2/c1-12(19)17-14-5-6-18(11-14)7-8-20-15-4-2-3-13(9-15)10-16/h2-4,9,14H,5-8,10-11,16H2,1H3,(H,17,19). The molecular formula is C15H23N3O2. The zero-order valence-corrected chi connectivity index (χ0v) is 12.0. The molecule has 0 saturated carbocycles. The van der Waals surface area contributed by atoms with Crippen LogP contribution in [-0.2, 0) is 11.3 Å². The van der Waals surface area contributed by atoms with E-state index in [4.69, 9.17) is 10.5 Å². The summed E-state index contributed by atoms with van der Waals surface area (Å²) in [5.41, 5.74) is 6.68. The Morgan fingerprint density at radius 2 is 2.40 bits per heavy atom. The van der Waals surface area contributed by atoms with E-state index in [1.807, 2.05) is 24.3 Å². The molecule has 0 spiro atoms. The van der Waals surface area contributed by atoms with Crippen LogP contribution in [0.25, 0.3) is 0 Å². The van der Waals surface area contributed by atoms with Crippen LogP contribution < -0.4 is 15.8 Å². The minimum atomic E-state index is 0.0479. The van der Waals surface area contributed by atoms with Crippen LogP contribution in [0.3, 0.4) is 0 Å². The Kier molecular flexibility index (Phi) is 5.38. The number of nitrogens with two attached hydrogens (primary N) is 1. The lowest BCUT2D eigenvalue weighted by Gasteiger charge is -2.16. The van der Waals surface area contributed by atoms with Crippen molar-refractivity contribution in [2.45, 2.75) is 25.9 Å². The SMILES string of the molecule is CC(=O)NC1CCN(CCOc2cccc(CN)c2)C1. The van der Waals surface area contributed by atoms with Gasteiger partial charge in [-0.05, 0) is 24.1 Å². The number of hydrogen-bond acceptors (Lipinski definition) is 4. The molecule has 1 aromatic rings. The molecule has 1 heterocycles. The molecular weight excluding hydrogens is 254 g/mol. The first-order chi connectivity index (χ1) is 9.67. The van der Waals surface area contributed by atoms with Crippen molar-refractivity contribution in [2.24, 2.45) is 5.73 Å². The number of hydrogen-bond donors (Lipinski definition) is 2. The van der Waals surface area contributed by atoms with Gasteiger partial charge in [-0.3, -0.25) is 9.69 Å². The van der Waals surface area contributed by atoms with Gasteiger partial charge in [0.25, 0.3) is 0 Å². The first kappa shape index (κ1) is 14.8. The molecule has 5 heteroatoms. The van der Waals surface area contributed by atoms with Crippen LogP contribution in [0.15, 0.2) is 24.3 Å². The highest BCUT2D eigenvalue weighted by Crippen LogP contribution is 2.13. The summed E-state index contributed by atoms with van der Waals surface area (Å²) in [5, 5.41) is 2.96. The minimum absolute atomic E-state index is 0.0479. The summed E-state index contributed by atoms with van der Waals surface area (Å²) >= 11 is 0. The summed E-state index contributed by atoms with van der Waals surface area (Å²) in [4.78, 5) is 13.3. The molecule has 2 rings (SSSR count). The molecule has 20 heavy (non-hydrogen) atoms. The number of amides is 1. The maximum atomic E-state index is 11.0. The Balaban J connectivity index is 1.70. The molecule has 0 bridgehead atoms. The van der Waals surface area contributed by atoms with E-state index in [-0.39, 0.29) is 11.9 Å². The Morgan fingerprint density at radius 1 is 1.55 bits per heavy atom. The first-order valence-corrected chi connectivity index (χ1v) is 7.08. The highest BCUT2D eigenvalue weighted by atomic mass is 16.5. The van der Waals surface area contributed by atoms with Gasteiger partial charge in [0.1, 0.15) is 12.4 Å². The van der Waals surface area contributed by atoms with Gasteiger partial charge < -0.3 is 15.8 Å². The lowest BCUT2D eigenvalue weighted by Crippen LogP contribution is -2.36. The van der Waals surface area contributed by atoms with Crippen molar-refractivity contribution < 1.29 is 9.53 Å². The predicted molar refractivity (Wildman–Crippen MR) is 78.5 cm³/mol. The molecule has 1 aliphatic rings. The molecule has 1 aromatic carbocycles. The zero-order chi connectivity index (χ0) is 14.4. The van der Waals surface area contributed by atoms with Crippen molar-refractivity contribution in [1.82, 2.24) is 10.2 Å². The van der Waals surface area contributed by atoms with Crippen LogP contribution in [0.4, 0.5) is 0 Å². The van der Waals surface area contributed by atoms with Crippen LogP contribution in [0.5, 0.6) is 5.75 Å². The Labute approximate surface area is 120 Å². The number of carbonyl (C=O) groups is 1. The van der Waals surface area contributed by atoms with Gasteiger partial charge in [-0.15, -0.1) is 0 Å². The van der Waals surface area contributed by atoms with E-state index in [1.165, 1.54) is 0 Å². The summed E-state index contributed by atoms with van der Waals surface area (Å²) < 4.78 is 5.74. The average Bonchev–Trinajstić information content (AvgIpc) is 2.86. The second-order valence-corrected chi connectivity index (χ2v) is 5.19. The van der Waals surface area contributed by atoms with E-state index >= 15 is 0 Å². The number of nitrogens with one attached hydrogen (secondary N) is 1. The lowest BCUT2D eigenvalue weighted by atomic mass is 10.2. The molecule has 1 atom stereocenters. The van der Waals surface area contributed by atoms with Crippen LogP contribution in [0.2, 0.25) is 0 Å². The van der Waals surface area contributed by atoms with E-state index in [0.717, 1.165) is 37.4 Å². The fourth-order valence-corrected chi connectivity index (χ4v) is 2.50. The van der Waals surface area contributed by atoms with Gasteiger partial charge in [0, 0.05) is 39.1 Å². The molecule has 5 nitrogen and oxygen atoms in total. The molecule has 1 saturated heterocycles. The van der Waals surface area contributed by atoms with Gasteiger partial charge >= 0.3 is 0 Å². The third-order valence-corrected chi connectivity index (χ3v) is 3.49. The molecule has 1 amide bonds. The molecule has 0 aromatic heterocycles. The Morgan fingerprint density at radius 3 is 3.15 bits per heavy atom. The number of rotatable bonds is 6. The highest BCUT2D eigenvalue weighted by Gasteiger charge is 2.22. The highest BCUT2D eigenvalue weighted by molar-refractivity contribution is 5.73. The third kappa shape index (κ3) is 4.51. The quantitative estimate of drug-likeness (QED) is 0.804. The molecule has 1 fully saturated rings. The molecule has 1 aliphatic heterocycles. The number of ether oxygens (including phenoxy) is 1. The fraction of sp³-hybridized carbons (Fsp3) is 0.533. The first-order valence-electron chi connectivity index (χ1n) is 7.08. The van der Waals surface area contributed by atoms with Crippen LogP contribution in [-0.4, -0.2) is 43.1 Å². The van der Waals surface area contributed by atoms with Crippen LogP contribution >= 0.6 is 0 Å². The van der Waals surface area contributed by atoms with Gasteiger partial charge in [0.2, 0.25) is 5.91 Å². The predicted octanol–water partition coefficient (Wildman–Crippen LogP) is 0.735. The second kappa shape index (κ2) is 7.26. The monoisotopic (exact) mass is 277 g/mol. The van der Waals surface area contributed by atoms with E-state index in [9.17, 15) is 4.79 Å². The Hall–Kier alpha value is -1.59.